The van der Waals surface area contributed by atoms with Gasteiger partial charge in [0.2, 0.25) is 5.95 Å². The molecule has 0 amide bonds. The first-order valence-corrected chi connectivity index (χ1v) is 14.2. The number of piperidine rings is 1. The highest BCUT2D eigenvalue weighted by atomic mass is 16.5. The molecule has 2 fully saturated rings. The van der Waals surface area contributed by atoms with Crippen LogP contribution in [-0.4, -0.2) is 93.5 Å². The number of hydrogen-bond acceptors (Lipinski definition) is 9. The van der Waals surface area contributed by atoms with Gasteiger partial charge in [-0.05, 0) is 68.1 Å². The van der Waals surface area contributed by atoms with Crippen molar-refractivity contribution in [3.05, 3.63) is 59.9 Å². The lowest BCUT2D eigenvalue weighted by atomic mass is 10.0. The zero-order chi connectivity index (χ0) is 27.9. The van der Waals surface area contributed by atoms with Crippen LogP contribution in [-0.2, 0) is 12.8 Å². The quantitative estimate of drug-likeness (QED) is 0.402. The molecule has 0 spiro atoms. The molecule has 5 rings (SSSR count). The lowest BCUT2D eigenvalue weighted by molar-refractivity contribution is 0.0981. The first-order valence-electron chi connectivity index (χ1n) is 14.2. The summed E-state index contributed by atoms with van der Waals surface area (Å²) in [4.78, 5) is 16.7. The highest BCUT2D eigenvalue weighted by Crippen LogP contribution is 2.34. The van der Waals surface area contributed by atoms with Crippen LogP contribution >= 0.6 is 0 Å². The number of aryl methyl sites for hydroxylation is 2. The summed E-state index contributed by atoms with van der Waals surface area (Å²) in [5.41, 5.74) is 4.27. The van der Waals surface area contributed by atoms with E-state index >= 15 is 0 Å². The van der Waals surface area contributed by atoms with Gasteiger partial charge in [0.25, 0.3) is 0 Å². The number of nitrogens with zero attached hydrogens (tertiary/aromatic N) is 5. The Balaban J connectivity index is 1.16. The van der Waals surface area contributed by atoms with Gasteiger partial charge in [0, 0.05) is 75.5 Å². The van der Waals surface area contributed by atoms with Crippen LogP contribution < -0.4 is 24.4 Å². The highest BCUT2D eigenvalue weighted by Gasteiger charge is 2.27. The molecule has 9 heteroatoms. The minimum absolute atomic E-state index is 0.564. The van der Waals surface area contributed by atoms with E-state index in [1.807, 2.05) is 36.7 Å². The van der Waals surface area contributed by atoms with Gasteiger partial charge in [-0.1, -0.05) is 0 Å². The van der Waals surface area contributed by atoms with Crippen molar-refractivity contribution in [1.29, 1.82) is 0 Å². The van der Waals surface area contributed by atoms with Gasteiger partial charge in [0.1, 0.15) is 17.2 Å². The average Bonchev–Trinajstić information content (AvgIpc) is 3.01. The number of anilines is 3. The summed E-state index contributed by atoms with van der Waals surface area (Å²) < 4.78 is 16.6. The van der Waals surface area contributed by atoms with Crippen molar-refractivity contribution in [2.75, 3.05) is 77.9 Å². The smallest absolute Gasteiger partial charge is 0.227 e. The van der Waals surface area contributed by atoms with Gasteiger partial charge in [-0.15, -0.1) is 0 Å². The monoisotopic (exact) mass is 546 g/mol. The third kappa shape index (κ3) is 6.95. The Bertz CT molecular complexity index is 1220. The molecule has 40 heavy (non-hydrogen) atoms. The van der Waals surface area contributed by atoms with Gasteiger partial charge in [-0.2, -0.15) is 0 Å². The Morgan fingerprint density at radius 1 is 0.775 bits per heavy atom. The van der Waals surface area contributed by atoms with Gasteiger partial charge >= 0.3 is 0 Å². The van der Waals surface area contributed by atoms with E-state index in [-0.39, 0.29) is 0 Å². The molecule has 0 radical (unpaired) electrons. The molecule has 0 unspecified atom stereocenters. The largest absolute Gasteiger partial charge is 0.497 e. The van der Waals surface area contributed by atoms with Crippen LogP contribution in [0.4, 0.5) is 17.3 Å². The fourth-order valence-electron chi connectivity index (χ4n) is 5.65. The van der Waals surface area contributed by atoms with Crippen molar-refractivity contribution in [3.63, 3.8) is 0 Å². The van der Waals surface area contributed by atoms with Gasteiger partial charge in [-0.25, -0.2) is 9.97 Å². The maximum atomic E-state index is 5.80. The van der Waals surface area contributed by atoms with Crippen LogP contribution in [0.3, 0.4) is 0 Å². The van der Waals surface area contributed by atoms with Gasteiger partial charge in [-0.3, -0.25) is 4.90 Å². The van der Waals surface area contributed by atoms with Crippen molar-refractivity contribution in [1.82, 2.24) is 19.8 Å². The maximum Gasteiger partial charge on any atom is 0.227 e. The van der Waals surface area contributed by atoms with Crippen LogP contribution in [0.1, 0.15) is 24.0 Å². The van der Waals surface area contributed by atoms with E-state index in [9.17, 15) is 0 Å². The van der Waals surface area contributed by atoms with Crippen molar-refractivity contribution in [3.8, 4) is 17.2 Å². The maximum absolute atomic E-state index is 5.80. The summed E-state index contributed by atoms with van der Waals surface area (Å²) >= 11 is 0. The van der Waals surface area contributed by atoms with Crippen LogP contribution in [0.5, 0.6) is 17.2 Å². The number of rotatable bonds is 10. The second-order valence-electron chi connectivity index (χ2n) is 10.7. The summed E-state index contributed by atoms with van der Waals surface area (Å²) in [7, 11) is 7.29. The molecule has 0 aliphatic carbocycles. The Morgan fingerprint density at radius 2 is 1.43 bits per heavy atom. The Morgan fingerprint density at radius 3 is 2.05 bits per heavy atom. The molecule has 0 bridgehead atoms. The molecule has 2 saturated heterocycles. The molecule has 1 N–H and O–H groups in total. The highest BCUT2D eigenvalue weighted by molar-refractivity contribution is 5.67. The summed E-state index contributed by atoms with van der Waals surface area (Å²) in [5.74, 6) is 3.02. The Hall–Kier alpha value is -3.56. The molecule has 0 saturated carbocycles. The van der Waals surface area contributed by atoms with Gasteiger partial charge in [0.15, 0.2) is 0 Å². The van der Waals surface area contributed by atoms with Crippen LogP contribution in [0.15, 0.2) is 48.8 Å². The Labute approximate surface area is 238 Å². The van der Waals surface area contributed by atoms with E-state index in [1.54, 1.807) is 21.3 Å². The lowest BCUT2D eigenvalue weighted by Crippen LogP contribution is -2.52. The molecule has 3 aromatic rings. The molecule has 1 aromatic heterocycles. The van der Waals surface area contributed by atoms with E-state index in [0.717, 1.165) is 65.7 Å². The third-order valence-corrected chi connectivity index (χ3v) is 8.11. The second kappa shape index (κ2) is 13.2. The topological polar surface area (TPSA) is 75.2 Å². The van der Waals surface area contributed by atoms with Crippen molar-refractivity contribution < 1.29 is 14.2 Å². The summed E-state index contributed by atoms with van der Waals surface area (Å²) in [6.45, 7) is 6.82. The van der Waals surface area contributed by atoms with Crippen LogP contribution in [0.2, 0.25) is 0 Å². The molecule has 2 aliphatic rings. The van der Waals surface area contributed by atoms with Crippen molar-refractivity contribution in [2.24, 2.45) is 0 Å². The molecule has 2 aliphatic heterocycles. The number of methoxy groups -OCH3 is 3. The minimum Gasteiger partial charge on any atom is -0.497 e. The van der Waals surface area contributed by atoms with Gasteiger partial charge < -0.3 is 29.3 Å². The standard InChI is InChI=1S/C31H42N6O3/c1-35-13-15-36(16-14-35)26-9-11-37(12-10-26)29-8-7-25(19-30(29)40-4)34-31-32-21-24(22-33-31)6-5-23-17-27(38-2)20-28(18-23)39-3/h7-8,17-22,26H,5-6,9-16H2,1-4H3,(H,32,33,34). The molecule has 9 nitrogen and oxygen atoms in total. The number of nitrogens with one attached hydrogen (secondary N) is 1. The zero-order valence-corrected chi connectivity index (χ0v) is 24.2. The van der Waals surface area contributed by atoms with Crippen molar-refractivity contribution in [2.45, 2.75) is 31.7 Å². The molecule has 3 heterocycles. The van der Waals surface area contributed by atoms with Crippen molar-refractivity contribution >= 4 is 17.3 Å². The third-order valence-electron chi connectivity index (χ3n) is 8.11. The van der Waals surface area contributed by atoms with E-state index in [0.29, 0.717) is 12.0 Å². The number of hydrogen-bond donors (Lipinski definition) is 1. The van der Waals surface area contributed by atoms with Crippen LogP contribution in [0.25, 0.3) is 0 Å². The average molecular weight is 547 g/mol. The predicted octanol–water partition coefficient (Wildman–Crippen LogP) is 4.25. The summed E-state index contributed by atoms with van der Waals surface area (Å²) in [6, 6.07) is 12.9. The van der Waals surface area contributed by atoms with E-state index in [1.165, 1.54) is 39.0 Å². The second-order valence-corrected chi connectivity index (χ2v) is 10.7. The normalized spacial score (nSPS) is 17.1. The number of likely N-dealkylation sites (N-methyl/N-ethyl adjacent to an activating group) is 1. The first kappa shape index (κ1) is 28.0. The SMILES string of the molecule is COc1cc(CCc2cnc(Nc3ccc(N4CCC(N5CCN(C)CC5)CC4)c(OC)c3)nc2)cc(OC)c1. The fourth-order valence-corrected chi connectivity index (χ4v) is 5.65. The molecule has 2 aromatic carbocycles. The first-order chi connectivity index (χ1) is 19.5. The fraction of sp³-hybridized carbons (Fsp3) is 0.484. The number of piperazine rings is 1. The summed E-state index contributed by atoms with van der Waals surface area (Å²) in [6.07, 6.45) is 7.81. The molecule has 214 valence electrons. The number of aromatic nitrogens is 2. The molecule has 0 atom stereocenters. The minimum atomic E-state index is 0.564. The van der Waals surface area contributed by atoms with Crippen LogP contribution in [0, 0.1) is 0 Å². The number of ether oxygens (including phenoxy) is 3. The predicted molar refractivity (Wildman–Crippen MR) is 160 cm³/mol. The van der Waals surface area contributed by atoms with Gasteiger partial charge in [0.05, 0.1) is 27.0 Å². The Kier molecular flexibility index (Phi) is 9.23. The molecular formula is C31H42N6O3. The zero-order valence-electron chi connectivity index (χ0n) is 24.2. The molecular weight excluding hydrogens is 504 g/mol. The van der Waals surface area contributed by atoms with E-state index in [4.69, 9.17) is 14.2 Å². The summed E-state index contributed by atoms with van der Waals surface area (Å²) in [5, 5.41) is 3.33. The lowest BCUT2D eigenvalue weighted by Gasteiger charge is -2.42. The van der Waals surface area contributed by atoms with E-state index < -0.39 is 0 Å². The number of benzene rings is 2. The van der Waals surface area contributed by atoms with E-state index in [2.05, 4.69) is 49.2 Å².